The molecule has 0 aliphatic carbocycles. The van der Waals surface area contributed by atoms with Gasteiger partial charge in [0.05, 0.1) is 7.11 Å². The number of benzene rings is 1. The van der Waals surface area contributed by atoms with Crippen LogP contribution in [0.3, 0.4) is 0 Å². The van der Waals surface area contributed by atoms with Crippen molar-refractivity contribution in [2.24, 2.45) is 5.92 Å². The molecule has 130 valence electrons. The molecule has 0 heterocycles. The molecule has 0 saturated heterocycles. The Balaban J connectivity index is 3.55. The number of hydrogen-bond acceptors (Lipinski definition) is 2. The Hall–Kier alpha value is -1.73. The van der Waals surface area contributed by atoms with Crippen LogP contribution < -0.4 is 0 Å². The molecule has 23 heavy (non-hydrogen) atoms. The summed E-state index contributed by atoms with van der Waals surface area (Å²) < 4.78 is 83.5. The average Bonchev–Trinajstić information content (AvgIpc) is 2.37. The van der Waals surface area contributed by atoms with E-state index in [0.29, 0.717) is 31.2 Å². The van der Waals surface area contributed by atoms with Gasteiger partial charge in [-0.25, -0.2) is 0 Å². The van der Waals surface area contributed by atoms with E-state index in [9.17, 15) is 31.1 Å². The van der Waals surface area contributed by atoms with E-state index >= 15 is 0 Å². The summed E-state index contributed by atoms with van der Waals surface area (Å²) in [5.74, 6) is -2.23. The van der Waals surface area contributed by atoms with Crippen LogP contribution in [0.5, 0.6) is 0 Å². The van der Waals surface area contributed by atoms with Crippen LogP contribution in [-0.4, -0.2) is 25.4 Å². The molecule has 1 rings (SSSR count). The van der Waals surface area contributed by atoms with E-state index < -0.39 is 29.3 Å². The van der Waals surface area contributed by atoms with Gasteiger partial charge in [0.2, 0.25) is 0 Å². The largest absolute Gasteiger partial charge is 0.468 e. The van der Waals surface area contributed by atoms with Crippen LogP contribution in [0.15, 0.2) is 24.3 Å². The maximum absolute atomic E-state index is 13.3. The molecule has 0 aliphatic heterocycles. The Morgan fingerprint density at radius 3 is 1.74 bits per heavy atom. The molecule has 0 fully saturated rings. The van der Waals surface area contributed by atoms with E-state index in [-0.39, 0.29) is 5.92 Å². The summed E-state index contributed by atoms with van der Waals surface area (Å²) in [6.07, 6.45) is -11.3. The SMILES string of the molecule is COC(=O)C(c1ccc(CC(C)C)cc1)(C(F)(F)F)C(F)(F)F. The van der Waals surface area contributed by atoms with E-state index in [4.69, 9.17) is 0 Å². The maximum Gasteiger partial charge on any atom is 0.417 e. The number of esters is 1. The summed E-state index contributed by atoms with van der Waals surface area (Å²) in [4.78, 5) is 11.5. The predicted octanol–water partition coefficient (Wildman–Crippen LogP) is 4.42. The lowest BCUT2D eigenvalue weighted by Gasteiger charge is -2.35. The summed E-state index contributed by atoms with van der Waals surface area (Å²) in [6.45, 7) is 3.72. The molecule has 1 aromatic carbocycles. The quantitative estimate of drug-likeness (QED) is 0.598. The van der Waals surface area contributed by atoms with E-state index in [1.54, 1.807) is 0 Å². The highest BCUT2D eigenvalue weighted by molar-refractivity contribution is 5.85. The number of alkyl halides is 6. The number of halogens is 6. The van der Waals surface area contributed by atoms with Crippen molar-refractivity contribution < 1.29 is 35.9 Å². The van der Waals surface area contributed by atoms with Crippen molar-refractivity contribution >= 4 is 5.97 Å². The third-order valence-electron chi connectivity index (χ3n) is 3.37. The highest BCUT2D eigenvalue weighted by Crippen LogP contribution is 2.52. The molecule has 0 bridgehead atoms. The van der Waals surface area contributed by atoms with Crippen LogP contribution in [0.4, 0.5) is 26.3 Å². The average molecular weight is 342 g/mol. The molecule has 0 radical (unpaired) electrons. The van der Waals surface area contributed by atoms with Crippen LogP contribution in [0.25, 0.3) is 0 Å². The van der Waals surface area contributed by atoms with Gasteiger partial charge in [0.1, 0.15) is 0 Å². The summed E-state index contributed by atoms with van der Waals surface area (Å²) in [5.41, 5.74) is -5.34. The number of carbonyl (C=O) groups excluding carboxylic acids is 1. The first kappa shape index (κ1) is 19.3. The van der Waals surface area contributed by atoms with Gasteiger partial charge in [-0.2, -0.15) is 26.3 Å². The molecule has 0 unspecified atom stereocenters. The monoisotopic (exact) mass is 342 g/mol. The van der Waals surface area contributed by atoms with Crippen LogP contribution in [0.2, 0.25) is 0 Å². The van der Waals surface area contributed by atoms with E-state index in [1.165, 1.54) is 0 Å². The first-order valence-corrected chi connectivity index (χ1v) is 6.69. The zero-order chi connectivity index (χ0) is 18.1. The second-order valence-corrected chi connectivity index (χ2v) is 5.53. The normalized spacial score (nSPS) is 13.3. The third kappa shape index (κ3) is 3.45. The van der Waals surface area contributed by atoms with Crippen molar-refractivity contribution in [3.8, 4) is 0 Å². The van der Waals surface area contributed by atoms with Crippen LogP contribution in [0.1, 0.15) is 25.0 Å². The predicted molar refractivity (Wildman–Crippen MR) is 70.8 cm³/mol. The molecule has 0 amide bonds. The van der Waals surface area contributed by atoms with Crippen molar-refractivity contribution in [1.29, 1.82) is 0 Å². The van der Waals surface area contributed by atoms with Gasteiger partial charge in [-0.05, 0) is 23.5 Å². The van der Waals surface area contributed by atoms with Gasteiger partial charge in [0.25, 0.3) is 5.41 Å². The Labute approximate surface area is 129 Å². The maximum atomic E-state index is 13.3. The van der Waals surface area contributed by atoms with Gasteiger partial charge in [-0.1, -0.05) is 38.1 Å². The third-order valence-corrected chi connectivity index (χ3v) is 3.37. The van der Waals surface area contributed by atoms with Crippen molar-refractivity contribution in [2.75, 3.05) is 7.11 Å². The zero-order valence-electron chi connectivity index (χ0n) is 12.7. The lowest BCUT2D eigenvalue weighted by atomic mass is 9.78. The number of carbonyl (C=O) groups is 1. The minimum absolute atomic E-state index is 0.177. The Morgan fingerprint density at radius 1 is 1.00 bits per heavy atom. The van der Waals surface area contributed by atoms with Gasteiger partial charge in [-0.15, -0.1) is 0 Å². The molecule has 0 N–H and O–H groups in total. The topological polar surface area (TPSA) is 26.3 Å². The fraction of sp³-hybridized carbons (Fsp3) is 0.533. The molecule has 8 heteroatoms. The Morgan fingerprint density at radius 2 is 1.43 bits per heavy atom. The van der Waals surface area contributed by atoms with E-state index in [1.807, 2.05) is 13.8 Å². The summed E-state index contributed by atoms with van der Waals surface area (Å²) >= 11 is 0. The summed E-state index contributed by atoms with van der Waals surface area (Å²) in [7, 11) is 0.488. The zero-order valence-corrected chi connectivity index (χ0v) is 12.7. The van der Waals surface area contributed by atoms with Crippen molar-refractivity contribution in [2.45, 2.75) is 38.0 Å². The Bertz CT molecular complexity index is 529. The van der Waals surface area contributed by atoms with Crippen molar-refractivity contribution in [3.05, 3.63) is 35.4 Å². The lowest BCUT2D eigenvalue weighted by molar-refractivity contribution is -0.298. The number of ether oxygens (including phenoxy) is 1. The molecule has 0 saturated carbocycles. The highest BCUT2D eigenvalue weighted by atomic mass is 19.4. The Kier molecular flexibility index (Phi) is 5.38. The van der Waals surface area contributed by atoms with Gasteiger partial charge in [-0.3, -0.25) is 4.79 Å². The van der Waals surface area contributed by atoms with Crippen molar-refractivity contribution in [1.82, 2.24) is 0 Å². The number of rotatable bonds is 4. The minimum Gasteiger partial charge on any atom is -0.468 e. The molecule has 0 aromatic heterocycles. The fourth-order valence-corrected chi connectivity index (χ4v) is 2.35. The second-order valence-electron chi connectivity index (χ2n) is 5.53. The van der Waals surface area contributed by atoms with Crippen LogP contribution in [0, 0.1) is 5.92 Å². The molecule has 0 aliphatic rings. The number of hydrogen-bond donors (Lipinski definition) is 0. The van der Waals surface area contributed by atoms with Crippen LogP contribution >= 0.6 is 0 Å². The molecule has 1 aromatic rings. The molecule has 2 nitrogen and oxygen atoms in total. The van der Waals surface area contributed by atoms with Crippen LogP contribution in [-0.2, 0) is 21.4 Å². The summed E-state index contributed by atoms with van der Waals surface area (Å²) in [5, 5.41) is 0. The first-order valence-electron chi connectivity index (χ1n) is 6.69. The van der Waals surface area contributed by atoms with Gasteiger partial charge >= 0.3 is 18.3 Å². The molecule has 0 atom stereocenters. The standard InChI is InChI=1S/C15H16F6O2/c1-9(2)8-10-4-6-11(7-5-10)13(12(22)23-3,14(16,17)18)15(19,20)21/h4-7,9H,8H2,1-3H3. The molecular formula is C15H16F6O2. The fourth-order valence-electron chi connectivity index (χ4n) is 2.35. The van der Waals surface area contributed by atoms with E-state index in [0.717, 1.165) is 12.1 Å². The number of methoxy groups -OCH3 is 1. The van der Waals surface area contributed by atoms with Crippen molar-refractivity contribution in [3.63, 3.8) is 0 Å². The molecular weight excluding hydrogens is 326 g/mol. The van der Waals surface area contributed by atoms with Gasteiger partial charge in [0, 0.05) is 0 Å². The lowest BCUT2D eigenvalue weighted by Crippen LogP contribution is -2.59. The molecule has 0 spiro atoms. The smallest absolute Gasteiger partial charge is 0.417 e. The van der Waals surface area contributed by atoms with Gasteiger partial charge in [0.15, 0.2) is 0 Å². The van der Waals surface area contributed by atoms with E-state index in [2.05, 4.69) is 4.74 Å². The minimum atomic E-state index is -5.89. The van der Waals surface area contributed by atoms with Gasteiger partial charge < -0.3 is 4.74 Å². The highest BCUT2D eigenvalue weighted by Gasteiger charge is 2.77. The summed E-state index contributed by atoms with van der Waals surface area (Å²) in [6, 6.07) is 3.67. The second kappa shape index (κ2) is 6.41. The first-order chi connectivity index (χ1) is 10.4.